The first kappa shape index (κ1) is 22.9. The maximum absolute atomic E-state index is 13.0. The molecule has 0 aliphatic carbocycles. The van der Waals surface area contributed by atoms with Crippen LogP contribution in [-0.2, 0) is 14.8 Å². The van der Waals surface area contributed by atoms with Gasteiger partial charge in [-0.1, -0.05) is 44.2 Å². The van der Waals surface area contributed by atoms with E-state index in [1.54, 1.807) is 35.2 Å². The Morgan fingerprint density at radius 2 is 1.68 bits per heavy atom. The average molecular weight is 456 g/mol. The number of para-hydroxylation sites is 1. The fraction of sp³-hybridized carbons (Fsp3) is 0.217. The van der Waals surface area contributed by atoms with Gasteiger partial charge in [-0.2, -0.15) is 4.31 Å². The van der Waals surface area contributed by atoms with E-state index < -0.39 is 10.0 Å². The van der Waals surface area contributed by atoms with E-state index in [0.29, 0.717) is 18.2 Å². The Hall–Kier alpha value is -2.81. The number of sulfonamides is 1. The van der Waals surface area contributed by atoms with Crippen molar-refractivity contribution in [2.75, 3.05) is 18.0 Å². The van der Waals surface area contributed by atoms with Crippen LogP contribution in [0.4, 0.5) is 10.8 Å². The quantitative estimate of drug-likeness (QED) is 0.455. The van der Waals surface area contributed by atoms with Gasteiger partial charge in [-0.3, -0.25) is 9.69 Å². The molecule has 31 heavy (non-hydrogen) atoms. The molecule has 0 saturated carbocycles. The molecular weight excluding hydrogens is 430 g/mol. The number of nitrogens with zero attached hydrogens (tertiary/aromatic N) is 3. The molecule has 0 saturated heterocycles. The smallest absolute Gasteiger partial charge is 0.257 e. The van der Waals surface area contributed by atoms with E-state index in [-0.39, 0.29) is 10.8 Å². The number of carbonyl (C=O) groups is 1. The summed E-state index contributed by atoms with van der Waals surface area (Å²) in [6.45, 7) is 6.34. The Morgan fingerprint density at radius 1 is 1.03 bits per heavy atom. The lowest BCUT2D eigenvalue weighted by atomic mass is 10.2. The molecular formula is C23H25N3O3S2. The molecule has 0 aliphatic heterocycles. The summed E-state index contributed by atoms with van der Waals surface area (Å²) in [7, 11) is -3.51. The van der Waals surface area contributed by atoms with Gasteiger partial charge in [-0.15, -0.1) is 11.3 Å². The van der Waals surface area contributed by atoms with Crippen LogP contribution in [0.3, 0.4) is 0 Å². The number of hydrogen-bond donors (Lipinski definition) is 0. The SMILES string of the molecule is CCN(CC)S(=O)(=O)c1ccc(C=CC(=O)N(c2ccccc2)c2nc(C)cs2)cc1. The topological polar surface area (TPSA) is 70.6 Å². The Labute approximate surface area is 187 Å². The van der Waals surface area contributed by atoms with Gasteiger partial charge in [0, 0.05) is 24.5 Å². The summed E-state index contributed by atoms with van der Waals surface area (Å²) in [6.07, 6.45) is 3.14. The summed E-state index contributed by atoms with van der Waals surface area (Å²) in [6, 6.07) is 15.9. The van der Waals surface area contributed by atoms with E-state index >= 15 is 0 Å². The maximum Gasteiger partial charge on any atom is 0.257 e. The van der Waals surface area contributed by atoms with Gasteiger partial charge in [0.1, 0.15) is 0 Å². The second-order valence-electron chi connectivity index (χ2n) is 6.77. The van der Waals surface area contributed by atoms with Crippen LogP contribution in [0.15, 0.2) is 70.9 Å². The lowest BCUT2D eigenvalue weighted by Crippen LogP contribution is -2.30. The minimum atomic E-state index is -3.51. The lowest BCUT2D eigenvalue weighted by Gasteiger charge is -2.18. The van der Waals surface area contributed by atoms with Gasteiger partial charge in [0.05, 0.1) is 16.3 Å². The van der Waals surface area contributed by atoms with E-state index in [0.717, 1.165) is 16.9 Å². The number of thiazole rings is 1. The highest BCUT2D eigenvalue weighted by Gasteiger charge is 2.21. The number of hydrogen-bond acceptors (Lipinski definition) is 5. The van der Waals surface area contributed by atoms with Crippen LogP contribution in [-0.4, -0.2) is 36.7 Å². The third kappa shape index (κ3) is 5.28. The third-order valence-corrected chi connectivity index (χ3v) is 7.68. The Bertz CT molecular complexity index is 1150. The first-order valence-electron chi connectivity index (χ1n) is 9.96. The highest BCUT2D eigenvalue weighted by atomic mass is 32.2. The minimum Gasteiger partial charge on any atom is -0.269 e. The molecule has 0 fully saturated rings. The largest absolute Gasteiger partial charge is 0.269 e. The minimum absolute atomic E-state index is 0.236. The second kappa shape index (κ2) is 10.00. The highest BCUT2D eigenvalue weighted by molar-refractivity contribution is 7.89. The molecule has 0 unspecified atom stereocenters. The zero-order valence-corrected chi connectivity index (χ0v) is 19.4. The first-order chi connectivity index (χ1) is 14.9. The molecule has 0 radical (unpaired) electrons. The van der Waals surface area contributed by atoms with Gasteiger partial charge in [-0.05, 0) is 42.8 Å². The van der Waals surface area contributed by atoms with Crippen molar-refractivity contribution in [1.29, 1.82) is 0 Å². The summed E-state index contributed by atoms with van der Waals surface area (Å²) in [4.78, 5) is 19.3. The van der Waals surface area contributed by atoms with Gasteiger partial charge in [0.25, 0.3) is 5.91 Å². The summed E-state index contributed by atoms with van der Waals surface area (Å²) in [5.41, 5.74) is 2.31. The van der Waals surface area contributed by atoms with Crippen molar-refractivity contribution in [2.45, 2.75) is 25.7 Å². The maximum atomic E-state index is 13.0. The van der Waals surface area contributed by atoms with Crippen LogP contribution >= 0.6 is 11.3 Å². The van der Waals surface area contributed by atoms with Crippen LogP contribution in [0, 0.1) is 6.92 Å². The standard InChI is InChI=1S/C23H25N3O3S2/c1-4-25(5-2)31(28,29)21-14-11-19(12-15-21)13-16-22(27)26(20-9-7-6-8-10-20)23-24-18(3)17-30-23/h6-17H,4-5H2,1-3H3. The van der Waals surface area contributed by atoms with Crippen molar-refractivity contribution in [3.05, 3.63) is 77.3 Å². The van der Waals surface area contributed by atoms with Crippen molar-refractivity contribution in [1.82, 2.24) is 9.29 Å². The van der Waals surface area contributed by atoms with Gasteiger partial charge < -0.3 is 0 Å². The van der Waals surface area contributed by atoms with Crippen molar-refractivity contribution >= 4 is 44.2 Å². The van der Waals surface area contributed by atoms with Gasteiger partial charge in [0.2, 0.25) is 10.0 Å². The molecule has 1 aromatic heterocycles. The van der Waals surface area contributed by atoms with Crippen molar-refractivity contribution in [3.8, 4) is 0 Å². The molecule has 0 N–H and O–H groups in total. The van der Waals surface area contributed by atoms with Crippen LogP contribution in [0.25, 0.3) is 6.08 Å². The number of anilines is 2. The molecule has 1 heterocycles. The summed E-state index contributed by atoms with van der Waals surface area (Å²) >= 11 is 1.40. The van der Waals surface area contributed by atoms with E-state index in [1.165, 1.54) is 21.7 Å². The predicted octanol–water partition coefficient (Wildman–Crippen LogP) is 4.86. The molecule has 0 atom stereocenters. The number of rotatable bonds is 8. The molecule has 6 nitrogen and oxygen atoms in total. The van der Waals surface area contributed by atoms with Crippen LogP contribution in [0.2, 0.25) is 0 Å². The monoisotopic (exact) mass is 455 g/mol. The number of benzene rings is 2. The zero-order valence-electron chi connectivity index (χ0n) is 17.7. The number of amides is 1. The molecule has 2 aromatic carbocycles. The van der Waals surface area contributed by atoms with E-state index in [4.69, 9.17) is 0 Å². The van der Waals surface area contributed by atoms with Crippen LogP contribution < -0.4 is 4.90 Å². The number of aromatic nitrogens is 1. The molecule has 8 heteroatoms. The Kier molecular flexibility index (Phi) is 7.37. The van der Waals surface area contributed by atoms with Crippen molar-refractivity contribution in [3.63, 3.8) is 0 Å². The highest BCUT2D eigenvalue weighted by Crippen LogP contribution is 2.29. The number of carbonyl (C=O) groups excluding carboxylic acids is 1. The average Bonchev–Trinajstić information content (AvgIpc) is 3.20. The van der Waals surface area contributed by atoms with Crippen LogP contribution in [0.5, 0.6) is 0 Å². The van der Waals surface area contributed by atoms with Crippen molar-refractivity contribution in [2.24, 2.45) is 0 Å². The molecule has 0 spiro atoms. The molecule has 1 amide bonds. The van der Waals surface area contributed by atoms with Gasteiger partial charge in [-0.25, -0.2) is 13.4 Å². The summed E-state index contributed by atoms with van der Waals surface area (Å²) in [5, 5.41) is 2.50. The molecule has 0 bridgehead atoms. The fourth-order valence-corrected chi connectivity index (χ4v) is 5.34. The predicted molar refractivity (Wildman–Crippen MR) is 126 cm³/mol. The van der Waals surface area contributed by atoms with Gasteiger partial charge in [0.15, 0.2) is 5.13 Å². The Morgan fingerprint density at radius 3 is 2.23 bits per heavy atom. The number of aryl methyl sites for hydroxylation is 1. The molecule has 162 valence electrons. The zero-order chi connectivity index (χ0) is 22.4. The second-order valence-corrected chi connectivity index (χ2v) is 9.55. The normalized spacial score (nSPS) is 11.9. The Balaban J connectivity index is 1.83. The van der Waals surface area contributed by atoms with Gasteiger partial charge >= 0.3 is 0 Å². The molecule has 0 aliphatic rings. The molecule has 3 rings (SSSR count). The fourth-order valence-electron chi connectivity index (χ4n) is 3.06. The summed E-state index contributed by atoms with van der Waals surface area (Å²) < 4.78 is 26.6. The van der Waals surface area contributed by atoms with E-state index in [2.05, 4.69) is 4.98 Å². The van der Waals surface area contributed by atoms with Crippen molar-refractivity contribution < 1.29 is 13.2 Å². The molecule has 3 aromatic rings. The van der Waals surface area contributed by atoms with Crippen LogP contribution in [0.1, 0.15) is 25.1 Å². The first-order valence-corrected chi connectivity index (χ1v) is 12.3. The summed E-state index contributed by atoms with van der Waals surface area (Å²) in [5.74, 6) is -0.236. The van der Waals surface area contributed by atoms with E-state index in [9.17, 15) is 13.2 Å². The third-order valence-electron chi connectivity index (χ3n) is 4.67. The van der Waals surface area contributed by atoms with E-state index in [1.807, 2.05) is 56.5 Å². The lowest BCUT2D eigenvalue weighted by molar-refractivity contribution is -0.113.